The average Bonchev–Trinajstić information content (AvgIpc) is 3.40. The van der Waals surface area contributed by atoms with Gasteiger partial charge in [-0.05, 0) is 24.5 Å². The summed E-state index contributed by atoms with van der Waals surface area (Å²) in [5.74, 6) is 8.77. The molecule has 2 aromatic rings. The number of rotatable bonds is 7. The second-order valence-corrected chi connectivity index (χ2v) is 8.84. The summed E-state index contributed by atoms with van der Waals surface area (Å²) in [5.41, 5.74) is 3.65. The number of fused-ring (bicyclic) bond motifs is 1. The van der Waals surface area contributed by atoms with Crippen molar-refractivity contribution in [2.45, 2.75) is 24.9 Å². The first-order valence-electron chi connectivity index (χ1n) is 12.2. The van der Waals surface area contributed by atoms with Gasteiger partial charge in [0.2, 0.25) is 11.7 Å². The molecular formula is C28H29N7O3. The van der Waals surface area contributed by atoms with Gasteiger partial charge in [-0.25, -0.2) is 9.98 Å². The summed E-state index contributed by atoms with van der Waals surface area (Å²) in [5, 5.41) is 4.27. The highest BCUT2D eigenvalue weighted by atomic mass is 16.5. The van der Waals surface area contributed by atoms with Crippen LogP contribution in [-0.2, 0) is 16.5 Å². The Morgan fingerprint density at radius 2 is 2.05 bits per heavy atom. The number of aryl methyl sites for hydroxylation is 1. The number of ether oxygens (including phenoxy) is 3. The van der Waals surface area contributed by atoms with Gasteiger partial charge in [-0.1, -0.05) is 12.0 Å². The zero-order valence-corrected chi connectivity index (χ0v) is 21.8. The lowest BCUT2D eigenvalue weighted by Gasteiger charge is -2.35. The number of nitrogens with zero attached hydrogens (tertiary/aromatic N) is 7. The van der Waals surface area contributed by atoms with E-state index in [9.17, 15) is 0 Å². The fourth-order valence-corrected chi connectivity index (χ4v) is 4.43. The zero-order valence-electron chi connectivity index (χ0n) is 21.8. The zero-order chi connectivity index (χ0) is 26.5. The summed E-state index contributed by atoms with van der Waals surface area (Å²) in [6.45, 7) is 0.429. The lowest BCUT2D eigenvalue weighted by atomic mass is 9.98. The summed E-state index contributed by atoms with van der Waals surface area (Å²) in [6, 6.07) is 1.64. The molecule has 0 radical (unpaired) electrons. The van der Waals surface area contributed by atoms with Crippen LogP contribution in [-0.4, -0.2) is 76.5 Å². The van der Waals surface area contributed by atoms with Crippen molar-refractivity contribution in [1.29, 1.82) is 0 Å². The Bertz CT molecular complexity index is 1450. The molecule has 0 saturated heterocycles. The Labute approximate surface area is 221 Å². The fraction of sp³-hybridized carbons (Fsp3) is 0.321. The summed E-state index contributed by atoms with van der Waals surface area (Å²) >= 11 is 0. The molecule has 2 aliphatic carbocycles. The maximum absolute atomic E-state index is 5.60. The van der Waals surface area contributed by atoms with Crippen LogP contribution in [0.15, 0.2) is 81.9 Å². The molecule has 0 bridgehead atoms. The number of hydrogen-bond donors (Lipinski definition) is 0. The molecule has 0 spiro atoms. The third kappa shape index (κ3) is 5.52. The van der Waals surface area contributed by atoms with Crippen molar-refractivity contribution in [2.24, 2.45) is 17.0 Å². The van der Waals surface area contributed by atoms with Crippen molar-refractivity contribution in [1.82, 2.24) is 24.6 Å². The van der Waals surface area contributed by atoms with Crippen molar-refractivity contribution < 1.29 is 14.2 Å². The van der Waals surface area contributed by atoms with E-state index in [-0.39, 0.29) is 12.1 Å². The normalized spacial score (nSPS) is 19.9. The first-order chi connectivity index (χ1) is 18.6. The minimum Gasteiger partial charge on any atom is -0.501 e. The molecule has 2 unspecified atom stereocenters. The molecule has 2 atom stereocenters. The van der Waals surface area contributed by atoms with Crippen LogP contribution < -0.4 is 4.74 Å². The molecule has 0 N–H and O–H groups in total. The van der Waals surface area contributed by atoms with Crippen LogP contribution in [0.5, 0.6) is 5.88 Å². The lowest BCUT2D eigenvalue weighted by Crippen LogP contribution is -2.36. The molecular weight excluding hydrogens is 482 g/mol. The molecule has 1 aliphatic heterocycles. The quantitative estimate of drug-likeness (QED) is 0.527. The molecule has 10 heteroatoms. The maximum atomic E-state index is 5.60. The standard InChI is InChI=1S/C28H29N7O3/c1-34-18-19(16-31-34)26-17-30-24-8-7-20(14-25(24)32-26)35(21-12-22(36-2)15-23(13-21)37-3)11-5-6-27-29-10-9-28(33-27)38-4/h7,9-10,12,14-18,21,24H,8,11,13H2,1-4H3. The van der Waals surface area contributed by atoms with Gasteiger partial charge in [-0.2, -0.15) is 10.1 Å². The van der Waals surface area contributed by atoms with Crippen LogP contribution in [0.3, 0.4) is 0 Å². The summed E-state index contributed by atoms with van der Waals surface area (Å²) in [4.78, 5) is 20.5. The molecule has 0 aromatic carbocycles. The third-order valence-corrected chi connectivity index (χ3v) is 6.40. The van der Waals surface area contributed by atoms with Gasteiger partial charge in [0.05, 0.1) is 57.6 Å². The van der Waals surface area contributed by atoms with Gasteiger partial charge < -0.3 is 19.1 Å². The van der Waals surface area contributed by atoms with E-state index in [1.54, 1.807) is 44.5 Å². The van der Waals surface area contributed by atoms with Gasteiger partial charge in [0.15, 0.2) is 0 Å². The Hall–Kier alpha value is -4.65. The highest BCUT2D eigenvalue weighted by Gasteiger charge is 2.28. The molecule has 2 aromatic heterocycles. The molecule has 38 heavy (non-hydrogen) atoms. The Kier molecular flexibility index (Phi) is 7.35. The number of hydrogen-bond acceptors (Lipinski definition) is 9. The summed E-state index contributed by atoms with van der Waals surface area (Å²) in [6.07, 6.45) is 16.9. The van der Waals surface area contributed by atoms with Crippen molar-refractivity contribution in [3.63, 3.8) is 0 Å². The molecule has 0 amide bonds. The van der Waals surface area contributed by atoms with Crippen LogP contribution in [0.4, 0.5) is 0 Å². The first kappa shape index (κ1) is 25.0. The predicted molar refractivity (Wildman–Crippen MR) is 144 cm³/mol. The largest absolute Gasteiger partial charge is 0.501 e. The van der Waals surface area contributed by atoms with Crippen molar-refractivity contribution in [3.05, 3.63) is 83.3 Å². The topological polar surface area (TPSA) is 99.2 Å². The molecule has 194 valence electrons. The Morgan fingerprint density at radius 3 is 2.82 bits per heavy atom. The number of aromatic nitrogens is 4. The summed E-state index contributed by atoms with van der Waals surface area (Å²) in [7, 11) is 6.78. The Balaban J connectivity index is 1.46. The van der Waals surface area contributed by atoms with Crippen LogP contribution in [0.25, 0.3) is 0 Å². The van der Waals surface area contributed by atoms with E-state index in [0.29, 0.717) is 24.7 Å². The van der Waals surface area contributed by atoms with Crippen molar-refractivity contribution in [3.8, 4) is 17.7 Å². The smallest absolute Gasteiger partial charge is 0.217 e. The minimum atomic E-state index is -0.0426. The number of aliphatic imine (C=N–C) groups is 2. The van der Waals surface area contributed by atoms with Gasteiger partial charge in [0, 0.05) is 55.5 Å². The third-order valence-electron chi connectivity index (χ3n) is 6.40. The SMILES string of the molecule is COC1=CC(N(CC#Cc2nccc(OC)n2)C2=CCC3N=CC(c4cnn(C)c4)=NC3=C2)CC(OC)=C1. The van der Waals surface area contributed by atoms with Crippen LogP contribution >= 0.6 is 0 Å². The predicted octanol–water partition coefficient (Wildman–Crippen LogP) is 2.82. The van der Waals surface area contributed by atoms with Crippen LogP contribution in [0, 0.1) is 11.8 Å². The van der Waals surface area contributed by atoms with E-state index in [2.05, 4.69) is 50.0 Å². The highest BCUT2D eigenvalue weighted by molar-refractivity contribution is 6.38. The molecule has 3 heterocycles. The number of methoxy groups -OCH3 is 3. The molecule has 3 aliphatic rings. The van der Waals surface area contributed by atoms with E-state index < -0.39 is 0 Å². The van der Waals surface area contributed by atoms with E-state index in [1.807, 2.05) is 25.5 Å². The van der Waals surface area contributed by atoms with Gasteiger partial charge in [-0.15, -0.1) is 0 Å². The average molecular weight is 512 g/mol. The van der Waals surface area contributed by atoms with E-state index in [4.69, 9.17) is 24.2 Å². The van der Waals surface area contributed by atoms with E-state index in [0.717, 1.165) is 40.6 Å². The Morgan fingerprint density at radius 1 is 1.16 bits per heavy atom. The molecule has 5 rings (SSSR count). The highest BCUT2D eigenvalue weighted by Crippen LogP contribution is 2.31. The monoisotopic (exact) mass is 511 g/mol. The summed E-state index contributed by atoms with van der Waals surface area (Å²) < 4.78 is 18.1. The van der Waals surface area contributed by atoms with Gasteiger partial charge in [0.1, 0.15) is 11.5 Å². The first-order valence-corrected chi connectivity index (χ1v) is 12.2. The second kappa shape index (κ2) is 11.2. The van der Waals surface area contributed by atoms with Gasteiger partial charge in [-0.3, -0.25) is 9.67 Å². The van der Waals surface area contributed by atoms with Crippen LogP contribution in [0.1, 0.15) is 24.2 Å². The van der Waals surface area contributed by atoms with E-state index in [1.165, 1.54) is 0 Å². The molecule has 0 fully saturated rings. The van der Waals surface area contributed by atoms with Crippen LogP contribution in [0.2, 0.25) is 0 Å². The fourth-order valence-electron chi connectivity index (χ4n) is 4.43. The lowest BCUT2D eigenvalue weighted by molar-refractivity contribution is 0.219. The maximum Gasteiger partial charge on any atom is 0.217 e. The second-order valence-electron chi connectivity index (χ2n) is 8.84. The van der Waals surface area contributed by atoms with Crippen molar-refractivity contribution in [2.75, 3.05) is 27.9 Å². The number of allylic oxidation sites excluding steroid dienone is 2. The van der Waals surface area contributed by atoms with Gasteiger partial charge >= 0.3 is 0 Å². The minimum absolute atomic E-state index is 0.0110. The molecule has 0 saturated carbocycles. The molecule has 10 nitrogen and oxygen atoms in total. The van der Waals surface area contributed by atoms with Gasteiger partial charge in [0.25, 0.3) is 0 Å². The van der Waals surface area contributed by atoms with E-state index >= 15 is 0 Å². The van der Waals surface area contributed by atoms with Crippen molar-refractivity contribution >= 4 is 11.9 Å².